The highest BCUT2D eigenvalue weighted by Gasteiger charge is 2.37. The van der Waals surface area contributed by atoms with Gasteiger partial charge in [0.2, 0.25) is 0 Å². The van der Waals surface area contributed by atoms with Crippen molar-refractivity contribution < 1.29 is 0 Å². The summed E-state index contributed by atoms with van der Waals surface area (Å²) < 4.78 is 0. The molecule has 0 spiro atoms. The summed E-state index contributed by atoms with van der Waals surface area (Å²) in [5.41, 5.74) is 7.97. The van der Waals surface area contributed by atoms with Crippen molar-refractivity contribution in [3.8, 4) is 56.4 Å². The van der Waals surface area contributed by atoms with Gasteiger partial charge in [0.25, 0.3) is 0 Å². The van der Waals surface area contributed by atoms with E-state index in [9.17, 15) is 0 Å². The van der Waals surface area contributed by atoms with Crippen LogP contribution in [-0.2, 0) is 0 Å². The first-order valence-electron chi connectivity index (χ1n) is 13.3. The zero-order valence-electron chi connectivity index (χ0n) is 22.0. The molecule has 6 aromatic rings. The normalized spacial score (nSPS) is 13.1. The second kappa shape index (κ2) is 9.26. The van der Waals surface area contributed by atoms with Crippen LogP contribution < -0.4 is 10.4 Å². The van der Waals surface area contributed by atoms with Crippen LogP contribution in [0, 0.1) is 0 Å². The maximum atomic E-state index is 5.01. The molecule has 1 aliphatic heterocycles. The fourth-order valence-corrected chi connectivity index (χ4v) is 8.73. The van der Waals surface area contributed by atoms with Gasteiger partial charge < -0.3 is 0 Å². The first kappa shape index (κ1) is 23.4. The fourth-order valence-electron chi connectivity index (χ4n) is 5.65. The molecule has 39 heavy (non-hydrogen) atoms. The maximum absolute atomic E-state index is 5.01. The average molecular weight is 518 g/mol. The monoisotopic (exact) mass is 517 g/mol. The lowest BCUT2D eigenvalue weighted by Crippen LogP contribution is -2.49. The molecule has 0 saturated heterocycles. The molecule has 0 amide bonds. The van der Waals surface area contributed by atoms with Gasteiger partial charge in [-0.1, -0.05) is 134 Å². The van der Waals surface area contributed by atoms with E-state index in [4.69, 9.17) is 15.0 Å². The molecular formula is C35H27N3Si. The Labute approximate surface area is 229 Å². The molecule has 0 atom stereocenters. The summed E-state index contributed by atoms with van der Waals surface area (Å²) in [7, 11) is -1.72. The van der Waals surface area contributed by atoms with Crippen molar-refractivity contribution in [1.29, 1.82) is 0 Å². The van der Waals surface area contributed by atoms with Crippen LogP contribution in [0.3, 0.4) is 0 Å². The summed E-state index contributed by atoms with van der Waals surface area (Å²) in [5.74, 6) is 2.05. The van der Waals surface area contributed by atoms with E-state index in [2.05, 4.69) is 116 Å². The summed E-state index contributed by atoms with van der Waals surface area (Å²) in [6, 6.07) is 44.7. The summed E-state index contributed by atoms with van der Waals surface area (Å²) in [6.45, 7) is 4.87. The third-order valence-electron chi connectivity index (χ3n) is 7.76. The third kappa shape index (κ3) is 4.10. The molecule has 0 radical (unpaired) electrons. The van der Waals surface area contributed by atoms with Crippen molar-refractivity contribution in [2.45, 2.75) is 13.1 Å². The molecule has 1 aromatic heterocycles. The molecule has 5 aromatic carbocycles. The van der Waals surface area contributed by atoms with Crippen LogP contribution in [0.15, 0.2) is 127 Å². The van der Waals surface area contributed by atoms with Gasteiger partial charge in [-0.25, -0.2) is 15.0 Å². The fraction of sp³-hybridized carbons (Fsp3) is 0.0571. The molecule has 1 aliphatic rings. The Morgan fingerprint density at radius 1 is 0.385 bits per heavy atom. The first-order chi connectivity index (χ1) is 19.1. The van der Waals surface area contributed by atoms with E-state index in [-0.39, 0.29) is 0 Å². The lowest BCUT2D eigenvalue weighted by Gasteiger charge is -2.18. The van der Waals surface area contributed by atoms with E-state index < -0.39 is 8.07 Å². The molecule has 0 N–H and O–H groups in total. The van der Waals surface area contributed by atoms with E-state index in [1.54, 1.807) is 0 Å². The molecule has 7 rings (SSSR count). The number of aromatic nitrogens is 3. The number of nitrogens with zero attached hydrogens (tertiary/aromatic N) is 3. The van der Waals surface area contributed by atoms with Gasteiger partial charge >= 0.3 is 0 Å². The van der Waals surface area contributed by atoms with Crippen molar-refractivity contribution in [1.82, 2.24) is 15.0 Å². The molecule has 3 nitrogen and oxygen atoms in total. The smallest absolute Gasteiger partial charge is 0.164 e. The van der Waals surface area contributed by atoms with E-state index >= 15 is 0 Å². The Morgan fingerprint density at radius 3 is 1.49 bits per heavy atom. The third-order valence-corrected chi connectivity index (χ3v) is 11.3. The van der Waals surface area contributed by atoms with Gasteiger partial charge in [-0.05, 0) is 38.7 Å². The number of hydrogen-bond donors (Lipinski definition) is 0. The van der Waals surface area contributed by atoms with E-state index in [1.165, 1.54) is 32.6 Å². The highest BCUT2D eigenvalue weighted by Crippen LogP contribution is 2.32. The molecule has 0 fully saturated rings. The minimum absolute atomic E-state index is 0.675. The first-order valence-corrected chi connectivity index (χ1v) is 16.3. The number of benzene rings is 5. The Kier molecular flexibility index (Phi) is 5.57. The van der Waals surface area contributed by atoms with Gasteiger partial charge in [0.1, 0.15) is 8.07 Å². The van der Waals surface area contributed by atoms with Crippen LogP contribution in [-0.4, -0.2) is 23.0 Å². The van der Waals surface area contributed by atoms with E-state index in [0.717, 1.165) is 16.7 Å². The highest BCUT2D eigenvalue weighted by molar-refractivity contribution is 7.03. The zero-order valence-corrected chi connectivity index (χ0v) is 23.0. The summed E-state index contributed by atoms with van der Waals surface area (Å²) in [4.78, 5) is 14.9. The lowest BCUT2D eigenvalue weighted by atomic mass is 10.0. The van der Waals surface area contributed by atoms with Crippen LogP contribution in [0.4, 0.5) is 0 Å². The SMILES string of the molecule is C[Si]1(C)c2ccccc2-c2cc(-c3nc(-c4ccccc4)nc(-c4ccc(-c5ccccc5)cc4)n3)ccc21. The van der Waals surface area contributed by atoms with Crippen LogP contribution in [0.5, 0.6) is 0 Å². The van der Waals surface area contributed by atoms with Gasteiger partial charge in [-0.3, -0.25) is 0 Å². The second-order valence-corrected chi connectivity index (χ2v) is 14.9. The largest absolute Gasteiger partial charge is 0.208 e. The van der Waals surface area contributed by atoms with Gasteiger partial charge in [-0.15, -0.1) is 0 Å². The molecule has 4 heteroatoms. The second-order valence-electron chi connectivity index (χ2n) is 10.5. The summed E-state index contributed by atoms with van der Waals surface area (Å²) in [6.07, 6.45) is 0. The topological polar surface area (TPSA) is 38.7 Å². The van der Waals surface area contributed by atoms with Crippen molar-refractivity contribution in [2.75, 3.05) is 0 Å². The Bertz CT molecular complexity index is 1810. The van der Waals surface area contributed by atoms with Crippen LogP contribution >= 0.6 is 0 Å². The molecule has 2 heterocycles. The Balaban J connectivity index is 1.36. The number of fused-ring (bicyclic) bond motifs is 3. The molecule has 186 valence electrons. The van der Waals surface area contributed by atoms with Crippen molar-refractivity contribution in [3.05, 3.63) is 127 Å². The maximum Gasteiger partial charge on any atom is 0.164 e. The minimum atomic E-state index is -1.72. The van der Waals surface area contributed by atoms with Gasteiger partial charge in [0.05, 0.1) is 0 Å². The van der Waals surface area contributed by atoms with Crippen LogP contribution in [0.2, 0.25) is 13.1 Å². The number of rotatable bonds is 4. The summed E-state index contributed by atoms with van der Waals surface area (Å²) >= 11 is 0. The Hall–Kier alpha value is -4.67. The minimum Gasteiger partial charge on any atom is -0.208 e. The van der Waals surface area contributed by atoms with E-state index in [1.807, 2.05) is 24.3 Å². The quantitative estimate of drug-likeness (QED) is 0.230. The molecule has 0 aliphatic carbocycles. The number of hydrogen-bond acceptors (Lipinski definition) is 3. The van der Waals surface area contributed by atoms with Crippen LogP contribution in [0.25, 0.3) is 56.4 Å². The zero-order chi connectivity index (χ0) is 26.4. The van der Waals surface area contributed by atoms with Crippen LogP contribution in [0.1, 0.15) is 0 Å². The standard InChI is InChI=1S/C35H27N3Si/c1-39(2)31-16-10-9-15-29(31)30-23-28(21-22-32(30)39)35-37-33(26-13-7-4-8-14-26)36-34(38-35)27-19-17-25(18-20-27)24-11-5-3-6-12-24/h3-23H,1-2H3. The molecule has 0 saturated carbocycles. The van der Waals surface area contributed by atoms with Gasteiger partial charge in [-0.2, -0.15) is 0 Å². The molecule has 0 bridgehead atoms. The summed E-state index contributed by atoms with van der Waals surface area (Å²) in [5, 5.41) is 2.97. The Morgan fingerprint density at radius 2 is 0.821 bits per heavy atom. The average Bonchev–Trinajstić information content (AvgIpc) is 3.24. The molecular weight excluding hydrogens is 490 g/mol. The van der Waals surface area contributed by atoms with Gasteiger partial charge in [0.15, 0.2) is 17.5 Å². The van der Waals surface area contributed by atoms with Crippen molar-refractivity contribution in [3.63, 3.8) is 0 Å². The molecule has 0 unspecified atom stereocenters. The van der Waals surface area contributed by atoms with Gasteiger partial charge in [0, 0.05) is 16.7 Å². The van der Waals surface area contributed by atoms with E-state index in [0.29, 0.717) is 17.5 Å². The van der Waals surface area contributed by atoms with Crippen molar-refractivity contribution >= 4 is 18.4 Å². The lowest BCUT2D eigenvalue weighted by molar-refractivity contribution is 1.07. The predicted molar refractivity (Wildman–Crippen MR) is 164 cm³/mol. The van der Waals surface area contributed by atoms with Crippen molar-refractivity contribution in [2.24, 2.45) is 0 Å². The highest BCUT2D eigenvalue weighted by atomic mass is 28.3. The predicted octanol–water partition coefficient (Wildman–Crippen LogP) is 7.34.